The predicted molar refractivity (Wildman–Crippen MR) is 56.1 cm³/mol. The first-order chi connectivity index (χ1) is 6.24. The monoisotopic (exact) mass is 244 g/mol. The van der Waals surface area contributed by atoms with Crippen molar-refractivity contribution in [2.24, 2.45) is 0 Å². The van der Waals surface area contributed by atoms with Crippen LogP contribution in [0.15, 0.2) is 0 Å². The van der Waals surface area contributed by atoms with Gasteiger partial charge in [-0.2, -0.15) is 0 Å². The van der Waals surface area contributed by atoms with Crippen molar-refractivity contribution in [3.63, 3.8) is 0 Å². The van der Waals surface area contributed by atoms with Crippen molar-refractivity contribution in [2.45, 2.75) is 20.8 Å². The number of halogens is 1. The van der Waals surface area contributed by atoms with Crippen molar-refractivity contribution in [1.82, 2.24) is 0 Å². The predicted octanol–water partition coefficient (Wildman–Crippen LogP) is 0.786. The fourth-order valence-electron chi connectivity index (χ4n) is 0.847. The molecule has 0 amide bonds. The Morgan fingerprint density at radius 1 is 1.00 bits per heavy atom. The molecule has 0 aromatic carbocycles. The van der Waals surface area contributed by atoms with Crippen LogP contribution in [0.25, 0.3) is 0 Å². The molecule has 0 saturated heterocycles. The van der Waals surface area contributed by atoms with Crippen LogP contribution in [0, 0.1) is 0 Å². The van der Waals surface area contributed by atoms with E-state index in [2.05, 4.69) is 0 Å². The van der Waals surface area contributed by atoms with E-state index in [1.807, 2.05) is 20.8 Å². The molecule has 0 saturated carbocycles. The summed E-state index contributed by atoms with van der Waals surface area (Å²) in [5.41, 5.74) is 0. The van der Waals surface area contributed by atoms with Gasteiger partial charge in [-0.3, -0.25) is 0 Å². The average molecular weight is 245 g/mol. The highest BCUT2D eigenvalue weighted by Gasteiger charge is 2.43. The molecule has 0 spiro atoms. The second-order valence-corrected chi connectivity index (χ2v) is 5.95. The molecule has 0 fully saturated rings. The Morgan fingerprint density at radius 3 is 1.62 bits per heavy atom. The molecule has 0 aromatic rings. The Bertz CT molecular complexity index is 97.7. The van der Waals surface area contributed by atoms with Crippen molar-refractivity contribution < 1.29 is 17.4 Å². The van der Waals surface area contributed by atoms with Crippen LogP contribution >= 0.6 is 11.1 Å². The van der Waals surface area contributed by atoms with E-state index in [1.54, 1.807) is 0 Å². The summed E-state index contributed by atoms with van der Waals surface area (Å²) in [6, 6.07) is 0. The van der Waals surface area contributed by atoms with Gasteiger partial charge in [0.1, 0.15) is 0 Å². The minimum atomic E-state index is -2.87. The van der Waals surface area contributed by atoms with Gasteiger partial charge in [0.25, 0.3) is 9.07 Å². The lowest BCUT2D eigenvalue weighted by Crippen LogP contribution is -2.49. The maximum Gasteiger partial charge on any atom is 0.669 e. The summed E-state index contributed by atoms with van der Waals surface area (Å²) in [5.74, 6) is 0. The van der Waals surface area contributed by atoms with Gasteiger partial charge < -0.3 is 17.4 Å². The molecule has 80 valence electrons. The third-order valence-corrected chi connectivity index (χ3v) is 5.95. The smallest absolute Gasteiger partial charge is 0.385 e. The van der Waals surface area contributed by atoms with Gasteiger partial charge in [-0.15, -0.1) is 11.1 Å². The van der Waals surface area contributed by atoms with Crippen molar-refractivity contribution in [1.29, 1.82) is 0 Å². The topological polar surface area (TPSA) is 36.9 Å². The first-order valence-electron chi connectivity index (χ1n) is 4.36. The van der Waals surface area contributed by atoms with E-state index in [1.165, 1.54) is 0 Å². The summed E-state index contributed by atoms with van der Waals surface area (Å²) in [7, 11) is -3.96. The Hall–Kier alpha value is 0.564. The van der Waals surface area contributed by atoms with E-state index in [4.69, 9.17) is 28.5 Å². The second-order valence-electron chi connectivity index (χ2n) is 2.05. The minimum Gasteiger partial charge on any atom is -0.385 e. The molecular weight excluding hydrogens is 228 g/mol. The highest BCUT2D eigenvalue weighted by molar-refractivity contribution is 6.92. The molecule has 0 rings (SSSR count). The van der Waals surface area contributed by atoms with Crippen molar-refractivity contribution in [3.05, 3.63) is 0 Å². The van der Waals surface area contributed by atoms with Gasteiger partial charge in [-0.05, 0) is 20.8 Å². The zero-order valence-corrected chi connectivity index (χ0v) is 11.5. The molecule has 4 nitrogen and oxygen atoms in total. The molecule has 0 aliphatic heterocycles. The van der Waals surface area contributed by atoms with Crippen LogP contribution in [0.3, 0.4) is 0 Å². The van der Waals surface area contributed by atoms with Gasteiger partial charge in [0.05, 0.1) is 0 Å². The maximum atomic E-state index is 5.60. The second kappa shape index (κ2) is 7.92. The SMILES string of the molecule is CCO[Si](OCC)(OCC)O[SiH2]Cl. The summed E-state index contributed by atoms with van der Waals surface area (Å²) in [6.45, 7) is 7.16. The molecule has 0 bridgehead atoms. The molecule has 0 heterocycles. The van der Waals surface area contributed by atoms with Gasteiger partial charge in [-0.25, -0.2) is 0 Å². The van der Waals surface area contributed by atoms with E-state index >= 15 is 0 Å². The zero-order chi connectivity index (χ0) is 10.2. The summed E-state index contributed by atoms with van der Waals surface area (Å²) >= 11 is 5.60. The van der Waals surface area contributed by atoms with Crippen LogP contribution in [-0.2, 0) is 17.4 Å². The van der Waals surface area contributed by atoms with Crippen molar-refractivity contribution in [2.75, 3.05) is 19.8 Å². The number of rotatable bonds is 8. The molecule has 0 atom stereocenters. The summed E-state index contributed by atoms with van der Waals surface area (Å²) in [4.78, 5) is 0. The third kappa shape index (κ3) is 5.11. The first kappa shape index (κ1) is 13.6. The fourth-order valence-corrected chi connectivity index (χ4v) is 4.90. The summed E-state index contributed by atoms with van der Waals surface area (Å²) in [6.07, 6.45) is 0. The standard InChI is InChI=1S/C6H17ClO4Si2/c1-4-8-13(9-5-2,10-6-3)11-12-7/h4-6,12H2,1-3H3. The maximum absolute atomic E-state index is 5.60. The molecular formula is C6H17ClO4Si2. The van der Waals surface area contributed by atoms with Gasteiger partial charge in [-0.1, -0.05) is 0 Å². The highest BCUT2D eigenvalue weighted by Crippen LogP contribution is 2.11. The van der Waals surface area contributed by atoms with E-state index in [-0.39, 0.29) is 0 Å². The largest absolute Gasteiger partial charge is 0.669 e. The Balaban J connectivity index is 4.19. The van der Waals surface area contributed by atoms with E-state index in [0.29, 0.717) is 19.8 Å². The van der Waals surface area contributed by atoms with Crippen molar-refractivity contribution >= 4 is 29.2 Å². The number of hydrogen-bond donors (Lipinski definition) is 0. The highest BCUT2D eigenvalue weighted by atomic mass is 35.6. The Labute approximate surface area is 87.6 Å². The third-order valence-electron chi connectivity index (χ3n) is 1.19. The zero-order valence-electron chi connectivity index (χ0n) is 8.34. The molecule has 0 aliphatic rings. The molecule has 7 heteroatoms. The van der Waals surface area contributed by atoms with Gasteiger partial charge >= 0.3 is 9.05 Å². The normalized spacial score (nSPS) is 12.9. The Morgan fingerprint density at radius 2 is 1.38 bits per heavy atom. The number of hydrogen-bond acceptors (Lipinski definition) is 4. The fraction of sp³-hybridized carbons (Fsp3) is 1.00. The lowest BCUT2D eigenvalue weighted by atomic mass is 10.9. The Kier molecular flexibility index (Phi) is 8.26. The van der Waals surface area contributed by atoms with Gasteiger partial charge in [0.2, 0.25) is 0 Å². The molecule has 0 aliphatic carbocycles. The van der Waals surface area contributed by atoms with Crippen molar-refractivity contribution in [3.8, 4) is 0 Å². The van der Waals surface area contributed by atoms with Crippen LogP contribution in [0.5, 0.6) is 0 Å². The van der Waals surface area contributed by atoms with E-state index in [9.17, 15) is 0 Å². The average Bonchev–Trinajstić information content (AvgIpc) is 2.06. The lowest BCUT2D eigenvalue weighted by molar-refractivity contribution is 0.0116. The summed E-state index contributed by atoms with van der Waals surface area (Å²) in [5, 5.41) is 0. The van der Waals surface area contributed by atoms with Crippen LogP contribution in [0.2, 0.25) is 0 Å². The van der Waals surface area contributed by atoms with Crippen LogP contribution in [0.1, 0.15) is 20.8 Å². The molecule has 13 heavy (non-hydrogen) atoms. The molecule has 0 radical (unpaired) electrons. The lowest BCUT2D eigenvalue weighted by Gasteiger charge is -2.26. The quantitative estimate of drug-likeness (QED) is 0.467. The molecule has 0 N–H and O–H groups in total. The van der Waals surface area contributed by atoms with E-state index < -0.39 is 18.1 Å². The van der Waals surface area contributed by atoms with E-state index in [0.717, 1.165) is 0 Å². The van der Waals surface area contributed by atoms with Crippen LogP contribution in [0.4, 0.5) is 0 Å². The van der Waals surface area contributed by atoms with Gasteiger partial charge in [0, 0.05) is 19.8 Å². The minimum absolute atomic E-state index is 0.511. The summed E-state index contributed by atoms with van der Waals surface area (Å²) < 4.78 is 21.4. The van der Waals surface area contributed by atoms with Crippen LogP contribution < -0.4 is 0 Å². The molecule has 0 aromatic heterocycles. The van der Waals surface area contributed by atoms with Crippen LogP contribution in [-0.4, -0.2) is 37.9 Å². The first-order valence-corrected chi connectivity index (χ1v) is 8.71. The molecule has 0 unspecified atom stereocenters. The van der Waals surface area contributed by atoms with Gasteiger partial charge in [0.15, 0.2) is 0 Å².